The number of rotatable bonds is 6. The van der Waals surface area contributed by atoms with Crippen molar-refractivity contribution in [2.24, 2.45) is 11.8 Å². The lowest BCUT2D eigenvalue weighted by Crippen LogP contribution is -2.46. The summed E-state index contributed by atoms with van der Waals surface area (Å²) in [6, 6.07) is 0. The van der Waals surface area contributed by atoms with Crippen molar-refractivity contribution in [3.05, 3.63) is 12.2 Å². The molecule has 2 aliphatic carbocycles. The molecule has 0 radical (unpaired) electrons. The Balaban J connectivity index is 1.96. The van der Waals surface area contributed by atoms with Crippen LogP contribution in [-0.2, 0) is 24.3 Å². The van der Waals surface area contributed by atoms with Crippen molar-refractivity contribution in [1.82, 2.24) is 4.72 Å². The fourth-order valence-corrected chi connectivity index (χ4v) is 4.66. The lowest BCUT2D eigenvalue weighted by molar-refractivity contribution is -0.168. The molecule has 10 heteroatoms. The summed E-state index contributed by atoms with van der Waals surface area (Å²) in [5.74, 6) is -1.36. The third-order valence-corrected chi connectivity index (χ3v) is 6.33. The number of amides is 1. The second-order valence-corrected chi connectivity index (χ2v) is 9.31. The fourth-order valence-electron chi connectivity index (χ4n) is 4.14. The van der Waals surface area contributed by atoms with E-state index in [2.05, 4.69) is 6.58 Å². The third-order valence-electron chi connectivity index (χ3n) is 5.22. The Hall–Kier alpha value is -1.58. The van der Waals surface area contributed by atoms with Crippen LogP contribution in [-0.4, -0.2) is 31.4 Å². The molecule has 0 heterocycles. The molecule has 0 aromatic heterocycles. The summed E-state index contributed by atoms with van der Waals surface area (Å²) in [6.07, 6.45) is 4.53. The Morgan fingerprint density at radius 1 is 1.30 bits per heavy atom. The van der Waals surface area contributed by atoms with Gasteiger partial charge in [0.2, 0.25) is 5.91 Å². The standard InChI is InChI=1S/C17H24F3NO5S/c1-11(2)15(23)26-16-7-3-4-12(9-16)8-13(10-16)5-6-14(22)21-27(24,25)17(18,19)20/h12-13H,1,3-10H2,2H3,(H,21,22). The SMILES string of the molecule is C=C(C)C(=O)OC12CCCC(CC(CCC(=O)NS(=O)(=O)C(F)(F)F)C1)C2. The minimum Gasteiger partial charge on any atom is -0.456 e. The van der Waals surface area contributed by atoms with Gasteiger partial charge < -0.3 is 4.74 Å². The van der Waals surface area contributed by atoms with Gasteiger partial charge in [0.25, 0.3) is 0 Å². The quantitative estimate of drug-likeness (QED) is 0.536. The van der Waals surface area contributed by atoms with Crippen LogP contribution in [0.4, 0.5) is 13.2 Å². The first-order valence-corrected chi connectivity index (χ1v) is 10.3. The highest BCUT2D eigenvalue weighted by Gasteiger charge is 2.48. The van der Waals surface area contributed by atoms with Crippen LogP contribution >= 0.6 is 0 Å². The molecule has 0 aromatic carbocycles. The number of fused-ring (bicyclic) bond motifs is 2. The van der Waals surface area contributed by atoms with Gasteiger partial charge in [0, 0.05) is 12.0 Å². The second kappa shape index (κ2) is 7.81. The van der Waals surface area contributed by atoms with E-state index >= 15 is 0 Å². The Morgan fingerprint density at radius 3 is 2.56 bits per heavy atom. The van der Waals surface area contributed by atoms with Crippen molar-refractivity contribution in [1.29, 1.82) is 0 Å². The predicted molar refractivity (Wildman–Crippen MR) is 90.7 cm³/mol. The summed E-state index contributed by atoms with van der Waals surface area (Å²) >= 11 is 0. The molecule has 6 nitrogen and oxygen atoms in total. The average Bonchev–Trinajstić information content (AvgIpc) is 2.50. The first-order valence-electron chi connectivity index (χ1n) is 8.84. The van der Waals surface area contributed by atoms with Gasteiger partial charge >= 0.3 is 21.5 Å². The highest BCUT2D eigenvalue weighted by atomic mass is 32.2. The molecule has 2 fully saturated rings. The molecule has 0 aromatic rings. The zero-order chi connectivity index (χ0) is 20.5. The molecule has 1 amide bonds. The number of ether oxygens (including phenoxy) is 1. The maximum Gasteiger partial charge on any atom is 0.516 e. The van der Waals surface area contributed by atoms with E-state index in [0.29, 0.717) is 24.3 Å². The number of nitrogens with one attached hydrogen (secondary N) is 1. The van der Waals surface area contributed by atoms with Crippen LogP contribution in [0.25, 0.3) is 0 Å². The van der Waals surface area contributed by atoms with Gasteiger partial charge in [0.1, 0.15) is 5.60 Å². The van der Waals surface area contributed by atoms with Gasteiger partial charge in [-0.25, -0.2) is 9.52 Å². The van der Waals surface area contributed by atoms with Gasteiger partial charge in [-0.2, -0.15) is 21.6 Å². The third kappa shape index (κ3) is 5.46. The van der Waals surface area contributed by atoms with E-state index in [1.807, 2.05) is 0 Å². The van der Waals surface area contributed by atoms with E-state index < -0.39 is 33.0 Å². The smallest absolute Gasteiger partial charge is 0.456 e. The largest absolute Gasteiger partial charge is 0.516 e. The summed E-state index contributed by atoms with van der Waals surface area (Å²) in [5.41, 5.74) is -5.85. The summed E-state index contributed by atoms with van der Waals surface area (Å²) < 4.78 is 65.7. The van der Waals surface area contributed by atoms with Crippen LogP contribution < -0.4 is 4.72 Å². The van der Waals surface area contributed by atoms with Crippen molar-refractivity contribution in [2.75, 3.05) is 0 Å². The molecule has 2 saturated carbocycles. The van der Waals surface area contributed by atoms with E-state index in [0.717, 1.165) is 30.4 Å². The van der Waals surface area contributed by atoms with Crippen LogP contribution in [0.5, 0.6) is 0 Å². The topological polar surface area (TPSA) is 89.5 Å². The van der Waals surface area contributed by atoms with Gasteiger partial charge in [-0.15, -0.1) is 0 Å². The summed E-state index contributed by atoms with van der Waals surface area (Å²) in [4.78, 5) is 23.6. The molecular formula is C17H24F3NO5S. The van der Waals surface area contributed by atoms with E-state index in [9.17, 15) is 31.2 Å². The number of alkyl halides is 3. The fraction of sp³-hybridized carbons (Fsp3) is 0.765. The van der Waals surface area contributed by atoms with Crippen LogP contribution in [0.3, 0.4) is 0 Å². The van der Waals surface area contributed by atoms with Crippen molar-refractivity contribution in [3.8, 4) is 0 Å². The molecule has 154 valence electrons. The normalized spacial score (nSPS) is 28.3. The maximum absolute atomic E-state index is 12.3. The van der Waals surface area contributed by atoms with Crippen molar-refractivity contribution in [2.45, 2.75) is 69.4 Å². The molecular weight excluding hydrogens is 387 g/mol. The van der Waals surface area contributed by atoms with Crippen molar-refractivity contribution in [3.63, 3.8) is 0 Å². The lowest BCUT2D eigenvalue weighted by Gasteiger charge is -2.47. The van der Waals surface area contributed by atoms with E-state index in [4.69, 9.17) is 4.74 Å². The Bertz CT molecular complexity index is 719. The van der Waals surface area contributed by atoms with Gasteiger partial charge in [0.15, 0.2) is 0 Å². The monoisotopic (exact) mass is 411 g/mol. The number of halogens is 3. The molecule has 2 bridgehead atoms. The van der Waals surface area contributed by atoms with Crippen molar-refractivity contribution < 1.29 is 35.9 Å². The number of carbonyl (C=O) groups excluding carboxylic acids is 2. The minimum atomic E-state index is -5.68. The molecule has 0 aliphatic heterocycles. The van der Waals surface area contributed by atoms with E-state index in [1.165, 1.54) is 0 Å². The van der Waals surface area contributed by atoms with Crippen LogP contribution in [0.1, 0.15) is 58.3 Å². The molecule has 3 unspecified atom stereocenters. The Labute approximate surface area is 156 Å². The highest BCUT2D eigenvalue weighted by molar-refractivity contribution is 7.90. The Kier molecular flexibility index (Phi) is 6.28. The number of hydrogen-bond acceptors (Lipinski definition) is 5. The number of hydrogen-bond donors (Lipinski definition) is 1. The summed E-state index contributed by atoms with van der Waals surface area (Å²) in [6.45, 7) is 5.14. The second-order valence-electron chi connectivity index (χ2n) is 7.63. The average molecular weight is 411 g/mol. The Morgan fingerprint density at radius 2 is 1.96 bits per heavy atom. The molecule has 0 spiro atoms. The summed E-state index contributed by atoms with van der Waals surface area (Å²) in [5, 5.41) is 0. The lowest BCUT2D eigenvalue weighted by atomic mass is 9.64. The molecule has 2 aliphatic rings. The van der Waals surface area contributed by atoms with Crippen molar-refractivity contribution >= 4 is 21.9 Å². The molecule has 1 N–H and O–H groups in total. The van der Waals surface area contributed by atoms with E-state index in [1.54, 1.807) is 6.92 Å². The van der Waals surface area contributed by atoms with Crippen LogP contribution in [0, 0.1) is 11.8 Å². The maximum atomic E-state index is 12.3. The van der Waals surface area contributed by atoms with Gasteiger partial charge in [-0.3, -0.25) is 4.79 Å². The number of esters is 1. The zero-order valence-electron chi connectivity index (χ0n) is 15.1. The first-order chi connectivity index (χ1) is 12.3. The predicted octanol–water partition coefficient (Wildman–Crippen LogP) is 3.19. The van der Waals surface area contributed by atoms with Gasteiger partial charge in [-0.1, -0.05) is 13.0 Å². The van der Waals surface area contributed by atoms with E-state index in [-0.39, 0.29) is 18.8 Å². The van der Waals surface area contributed by atoms with Gasteiger partial charge in [-0.05, 0) is 57.3 Å². The highest BCUT2D eigenvalue weighted by Crippen LogP contribution is 2.48. The number of sulfonamides is 1. The van der Waals surface area contributed by atoms with Crippen LogP contribution in [0.2, 0.25) is 0 Å². The molecule has 3 atom stereocenters. The molecule has 27 heavy (non-hydrogen) atoms. The molecule has 0 saturated heterocycles. The van der Waals surface area contributed by atoms with Crippen LogP contribution in [0.15, 0.2) is 12.2 Å². The minimum absolute atomic E-state index is 0.0266. The summed E-state index contributed by atoms with van der Waals surface area (Å²) in [7, 11) is -5.68. The number of carbonyl (C=O) groups is 2. The zero-order valence-corrected chi connectivity index (χ0v) is 15.9. The molecule has 2 rings (SSSR count). The van der Waals surface area contributed by atoms with Gasteiger partial charge in [0.05, 0.1) is 0 Å². The first kappa shape index (κ1) is 21.7.